The average molecular weight is 726 g/mol. The first-order valence-corrected chi connectivity index (χ1v) is 17.0. The van der Waals surface area contributed by atoms with Gasteiger partial charge in [-0.2, -0.15) is 0 Å². The number of benzene rings is 3. The van der Waals surface area contributed by atoms with E-state index in [-0.39, 0.29) is 64.0 Å². The van der Waals surface area contributed by atoms with Gasteiger partial charge in [-0.05, 0) is 35.9 Å². The summed E-state index contributed by atoms with van der Waals surface area (Å²) in [6.07, 6.45) is 1.80. The quantitative estimate of drug-likeness (QED) is 0.158. The van der Waals surface area contributed by atoms with Crippen molar-refractivity contribution in [3.8, 4) is 34.3 Å². The maximum Gasteiger partial charge on any atom is 0.242 e. The number of rotatable bonds is 10. The van der Waals surface area contributed by atoms with Crippen LogP contribution in [0.4, 0.5) is 0 Å². The van der Waals surface area contributed by atoms with E-state index in [4.69, 9.17) is 35.0 Å². The number of H-pyrrole nitrogens is 1. The molecule has 12 nitrogen and oxygen atoms in total. The van der Waals surface area contributed by atoms with Crippen molar-refractivity contribution in [2.24, 2.45) is 5.92 Å². The van der Waals surface area contributed by atoms with Crippen LogP contribution in [0.5, 0.6) is 23.0 Å². The van der Waals surface area contributed by atoms with Gasteiger partial charge in [0.15, 0.2) is 5.75 Å². The van der Waals surface area contributed by atoms with Crippen molar-refractivity contribution in [2.45, 2.75) is 37.8 Å². The third-order valence-electron chi connectivity index (χ3n) is 9.94. The monoisotopic (exact) mass is 725 g/mol. The lowest BCUT2D eigenvalue weighted by Gasteiger charge is -2.35. The molecular formula is C39H36ClN3O9. The van der Waals surface area contributed by atoms with Crippen LogP contribution in [0.25, 0.3) is 22.2 Å². The summed E-state index contributed by atoms with van der Waals surface area (Å²) < 4.78 is 29.0. The third kappa shape index (κ3) is 5.45. The van der Waals surface area contributed by atoms with Crippen LogP contribution < -0.4 is 29.6 Å². The number of para-hydroxylation sites is 1. The van der Waals surface area contributed by atoms with Crippen LogP contribution in [0.1, 0.15) is 44.5 Å². The molecule has 2 aromatic heterocycles. The smallest absolute Gasteiger partial charge is 0.242 e. The molecule has 52 heavy (non-hydrogen) atoms. The summed E-state index contributed by atoms with van der Waals surface area (Å²) in [5.41, 5.74) is 0.641. The molecule has 3 heterocycles. The lowest BCUT2D eigenvalue weighted by atomic mass is 9.70. The molecule has 0 saturated heterocycles. The van der Waals surface area contributed by atoms with Gasteiger partial charge >= 0.3 is 0 Å². The van der Waals surface area contributed by atoms with E-state index in [1.54, 1.807) is 38.3 Å². The summed E-state index contributed by atoms with van der Waals surface area (Å²) in [6.45, 7) is 1.73. The molecule has 3 atom stereocenters. The van der Waals surface area contributed by atoms with E-state index >= 15 is 0 Å². The second kappa shape index (κ2) is 13.4. The number of likely N-dealkylation sites (N-methyl/N-ethyl adjacent to an activating group) is 1. The highest BCUT2D eigenvalue weighted by molar-refractivity contribution is 6.36. The van der Waals surface area contributed by atoms with E-state index in [1.165, 1.54) is 27.3 Å². The van der Waals surface area contributed by atoms with Crippen molar-refractivity contribution in [2.75, 3.05) is 28.4 Å². The molecule has 3 unspecified atom stereocenters. The molecular weight excluding hydrogens is 690 g/mol. The largest absolute Gasteiger partial charge is 0.497 e. The lowest BCUT2D eigenvalue weighted by molar-refractivity contribution is -0.128. The van der Waals surface area contributed by atoms with Gasteiger partial charge in [-0.1, -0.05) is 36.7 Å². The number of aromatic nitrogens is 1. The second-order valence-corrected chi connectivity index (χ2v) is 13.2. The minimum Gasteiger partial charge on any atom is -0.497 e. The van der Waals surface area contributed by atoms with Crippen molar-refractivity contribution in [1.82, 2.24) is 15.6 Å². The van der Waals surface area contributed by atoms with Crippen LogP contribution >= 0.6 is 11.6 Å². The molecule has 7 rings (SSSR count). The fraction of sp³-hybridized carbons (Fsp3) is 0.282. The van der Waals surface area contributed by atoms with Crippen molar-refractivity contribution < 1.29 is 42.5 Å². The highest BCUT2D eigenvalue weighted by atomic mass is 35.5. The zero-order chi connectivity index (χ0) is 36.9. The SMILES string of the molecule is CNC(=O)C(Cc1c[nH]c2ccccc12)NC(=O)Cc1c(-c2ccc(OC)cc2)oc2c1C(=O)C1(Oc3c(Cl)c(OC)cc(OC)c3C1=O)C(C)C2. The molecule has 3 N–H and O–H groups in total. The van der Waals surface area contributed by atoms with Gasteiger partial charge in [0.05, 0.1) is 33.3 Å². The zero-order valence-corrected chi connectivity index (χ0v) is 29.9. The van der Waals surface area contributed by atoms with Gasteiger partial charge in [-0.15, -0.1) is 0 Å². The second-order valence-electron chi connectivity index (χ2n) is 12.8. The van der Waals surface area contributed by atoms with Crippen molar-refractivity contribution >= 4 is 45.9 Å². The summed E-state index contributed by atoms with van der Waals surface area (Å²) in [7, 11) is 5.85. The van der Waals surface area contributed by atoms with E-state index in [9.17, 15) is 19.2 Å². The number of hydrogen-bond acceptors (Lipinski definition) is 9. The van der Waals surface area contributed by atoms with Crippen LogP contribution in [0.15, 0.2) is 65.2 Å². The Balaban J connectivity index is 1.29. The molecule has 0 bridgehead atoms. The van der Waals surface area contributed by atoms with E-state index in [0.717, 1.165) is 16.5 Å². The number of carbonyl (C=O) groups excluding carboxylic acids is 4. The Morgan fingerprint density at radius 1 is 1.00 bits per heavy atom. The Labute approximate surface area is 303 Å². The number of furan rings is 1. The number of methoxy groups -OCH3 is 3. The summed E-state index contributed by atoms with van der Waals surface area (Å²) >= 11 is 6.64. The highest BCUT2D eigenvalue weighted by Crippen LogP contribution is 2.54. The molecule has 2 amide bonds. The van der Waals surface area contributed by atoms with Crippen LogP contribution in [-0.4, -0.2) is 68.4 Å². The van der Waals surface area contributed by atoms with Gasteiger partial charge in [0.25, 0.3) is 0 Å². The number of nitrogens with one attached hydrogen (secondary N) is 3. The van der Waals surface area contributed by atoms with Crippen molar-refractivity contribution in [3.05, 3.63) is 93.8 Å². The maximum atomic E-state index is 14.9. The van der Waals surface area contributed by atoms with Gasteiger partial charge in [0, 0.05) is 60.1 Å². The van der Waals surface area contributed by atoms with E-state index < -0.39 is 40.9 Å². The van der Waals surface area contributed by atoms with Gasteiger partial charge < -0.3 is 39.0 Å². The minimum atomic E-state index is -2.02. The molecule has 268 valence electrons. The Morgan fingerprint density at radius 3 is 2.40 bits per heavy atom. The molecule has 5 aromatic rings. The first kappa shape index (κ1) is 34.7. The van der Waals surface area contributed by atoms with Crippen LogP contribution in [0, 0.1) is 5.92 Å². The minimum absolute atomic E-state index is 0.0182. The number of halogens is 1. The number of ether oxygens (including phenoxy) is 4. The number of hydrogen-bond donors (Lipinski definition) is 3. The highest BCUT2D eigenvalue weighted by Gasteiger charge is 2.63. The molecule has 1 aliphatic carbocycles. The Hall–Kier alpha value is -5.75. The fourth-order valence-corrected chi connectivity index (χ4v) is 7.55. The normalized spacial score (nSPS) is 18.1. The lowest BCUT2D eigenvalue weighted by Crippen LogP contribution is -2.56. The average Bonchev–Trinajstić information content (AvgIpc) is 3.83. The summed E-state index contributed by atoms with van der Waals surface area (Å²) in [6, 6.07) is 15.2. The number of carbonyl (C=O) groups is 4. The molecule has 3 aromatic carbocycles. The standard InChI is InChI=1S/C39H36ClN3O9/c1-19-14-28-31(36(45)39(19)37(46)32-27(49-4)17-29(50-5)33(40)35(32)52-39)24(34(51-28)20-10-12-22(48-3)13-11-20)16-30(44)43-26(38(47)41-2)15-21-18-42-25-9-7-6-8-23(21)25/h6-13,17-19,26,42H,14-16H2,1-5H3,(H,41,47)(H,43,44). The molecule has 13 heteroatoms. The summed E-state index contributed by atoms with van der Waals surface area (Å²) in [5, 5.41) is 6.46. The topological polar surface area (TPSA) is 158 Å². The van der Waals surface area contributed by atoms with Crippen molar-refractivity contribution in [3.63, 3.8) is 0 Å². The fourth-order valence-electron chi connectivity index (χ4n) is 7.29. The Kier molecular flexibility index (Phi) is 8.95. The van der Waals surface area contributed by atoms with Gasteiger partial charge in [-0.3, -0.25) is 19.2 Å². The van der Waals surface area contributed by atoms with E-state index in [1.807, 2.05) is 30.5 Å². The third-order valence-corrected chi connectivity index (χ3v) is 10.3. The van der Waals surface area contributed by atoms with Crippen LogP contribution in [0.3, 0.4) is 0 Å². The summed E-state index contributed by atoms with van der Waals surface area (Å²) in [5.74, 6) is -1.42. The maximum absolute atomic E-state index is 14.9. The molecule has 2 aliphatic rings. The molecule has 1 aliphatic heterocycles. The first-order valence-electron chi connectivity index (χ1n) is 16.6. The number of amides is 2. The first-order chi connectivity index (χ1) is 25.1. The Morgan fingerprint density at radius 2 is 1.71 bits per heavy atom. The number of fused-ring (bicyclic) bond motifs is 3. The van der Waals surface area contributed by atoms with Gasteiger partial charge in [-0.25, -0.2) is 0 Å². The van der Waals surface area contributed by atoms with Crippen LogP contribution in [0.2, 0.25) is 5.02 Å². The molecule has 0 fully saturated rings. The number of Topliss-reactive ketones (excluding diaryl/α,β-unsaturated/α-hetero) is 2. The Bertz CT molecular complexity index is 2260. The van der Waals surface area contributed by atoms with Crippen LogP contribution in [-0.2, 0) is 28.9 Å². The molecule has 0 saturated carbocycles. The van der Waals surface area contributed by atoms with Gasteiger partial charge in [0.1, 0.15) is 45.4 Å². The summed E-state index contributed by atoms with van der Waals surface area (Å²) in [4.78, 5) is 59.7. The molecule has 0 radical (unpaired) electrons. The number of ketones is 2. The van der Waals surface area contributed by atoms with Gasteiger partial charge in [0.2, 0.25) is 29.0 Å². The van der Waals surface area contributed by atoms with E-state index in [2.05, 4.69) is 15.6 Å². The predicted molar refractivity (Wildman–Crippen MR) is 192 cm³/mol. The van der Waals surface area contributed by atoms with Crippen molar-refractivity contribution in [1.29, 1.82) is 0 Å². The van der Waals surface area contributed by atoms with E-state index in [0.29, 0.717) is 17.1 Å². The molecule has 1 spiro atoms. The number of aromatic amines is 1. The predicted octanol–water partition coefficient (Wildman–Crippen LogP) is 5.51. The zero-order valence-electron chi connectivity index (χ0n) is 29.1.